The van der Waals surface area contributed by atoms with Crippen LogP contribution in [0.2, 0.25) is 0 Å². The summed E-state index contributed by atoms with van der Waals surface area (Å²) in [7, 11) is 0. The highest BCUT2D eigenvalue weighted by Gasteiger charge is 1.98. The van der Waals surface area contributed by atoms with Gasteiger partial charge < -0.3 is 5.32 Å². The Balaban J connectivity index is 2.03. The fourth-order valence-corrected chi connectivity index (χ4v) is 1.64. The fraction of sp³-hybridized carbons (Fsp3) is 0.154. The molecule has 0 bridgehead atoms. The molecule has 2 aromatic rings. The van der Waals surface area contributed by atoms with Crippen molar-refractivity contribution in [1.82, 2.24) is 4.98 Å². The van der Waals surface area contributed by atoms with Crippen molar-refractivity contribution >= 4 is 21.7 Å². The summed E-state index contributed by atoms with van der Waals surface area (Å²) in [4.78, 5) is 4.30. The SMILES string of the molecule is Cc1cc(NCc2ccccc2)ncc1Br. The standard InChI is InChI=1S/C13H13BrN2/c1-10-7-13(16-9-12(10)14)15-8-11-5-3-2-4-6-11/h2-7,9H,8H2,1H3,(H,15,16). The van der Waals surface area contributed by atoms with Gasteiger partial charge in [-0.3, -0.25) is 0 Å². The third-order valence-corrected chi connectivity index (χ3v) is 3.19. The molecule has 0 atom stereocenters. The van der Waals surface area contributed by atoms with Crippen LogP contribution in [0.5, 0.6) is 0 Å². The van der Waals surface area contributed by atoms with Gasteiger partial charge in [0.25, 0.3) is 0 Å². The maximum atomic E-state index is 4.30. The first-order valence-corrected chi connectivity index (χ1v) is 5.95. The topological polar surface area (TPSA) is 24.9 Å². The van der Waals surface area contributed by atoms with Crippen LogP contribution in [0.15, 0.2) is 47.1 Å². The van der Waals surface area contributed by atoms with Gasteiger partial charge in [-0.05, 0) is 40.0 Å². The quantitative estimate of drug-likeness (QED) is 0.923. The number of aromatic nitrogens is 1. The van der Waals surface area contributed by atoms with E-state index in [1.54, 1.807) is 0 Å². The first kappa shape index (κ1) is 11.1. The van der Waals surface area contributed by atoms with Gasteiger partial charge in [-0.25, -0.2) is 4.98 Å². The van der Waals surface area contributed by atoms with E-state index in [4.69, 9.17) is 0 Å². The zero-order valence-electron chi connectivity index (χ0n) is 9.07. The van der Waals surface area contributed by atoms with Gasteiger partial charge in [0.1, 0.15) is 5.82 Å². The normalized spacial score (nSPS) is 10.1. The number of anilines is 1. The zero-order chi connectivity index (χ0) is 11.4. The second-order valence-electron chi connectivity index (χ2n) is 3.66. The number of halogens is 1. The molecule has 2 rings (SSSR count). The van der Waals surface area contributed by atoms with Gasteiger partial charge in [-0.2, -0.15) is 0 Å². The molecule has 82 valence electrons. The van der Waals surface area contributed by atoms with Crippen LogP contribution in [-0.4, -0.2) is 4.98 Å². The summed E-state index contributed by atoms with van der Waals surface area (Å²) >= 11 is 3.44. The molecule has 0 aliphatic rings. The minimum Gasteiger partial charge on any atom is -0.366 e. The number of rotatable bonds is 3. The van der Waals surface area contributed by atoms with Crippen molar-refractivity contribution in [2.75, 3.05) is 5.32 Å². The predicted molar refractivity (Wildman–Crippen MR) is 70.4 cm³/mol. The molecule has 0 fully saturated rings. The maximum absolute atomic E-state index is 4.30. The second-order valence-corrected chi connectivity index (χ2v) is 4.51. The summed E-state index contributed by atoms with van der Waals surface area (Å²) in [6.45, 7) is 2.86. The number of hydrogen-bond donors (Lipinski definition) is 1. The third-order valence-electron chi connectivity index (χ3n) is 2.36. The molecule has 0 saturated carbocycles. The maximum Gasteiger partial charge on any atom is 0.126 e. The molecule has 0 spiro atoms. The lowest BCUT2D eigenvalue weighted by Gasteiger charge is -2.07. The van der Waals surface area contributed by atoms with Gasteiger partial charge >= 0.3 is 0 Å². The Morgan fingerprint density at radius 1 is 1.25 bits per heavy atom. The van der Waals surface area contributed by atoms with Crippen LogP contribution in [0.1, 0.15) is 11.1 Å². The molecule has 1 N–H and O–H groups in total. The van der Waals surface area contributed by atoms with Gasteiger partial charge in [0.2, 0.25) is 0 Å². The molecular weight excluding hydrogens is 264 g/mol. The summed E-state index contributed by atoms with van der Waals surface area (Å²) < 4.78 is 1.04. The van der Waals surface area contributed by atoms with Crippen LogP contribution in [-0.2, 0) is 6.54 Å². The molecule has 2 nitrogen and oxygen atoms in total. The van der Waals surface area contributed by atoms with Crippen LogP contribution in [0.25, 0.3) is 0 Å². The van der Waals surface area contributed by atoms with Crippen molar-refractivity contribution in [1.29, 1.82) is 0 Å². The van der Waals surface area contributed by atoms with E-state index in [-0.39, 0.29) is 0 Å². The van der Waals surface area contributed by atoms with Crippen molar-refractivity contribution in [3.05, 3.63) is 58.2 Å². The largest absolute Gasteiger partial charge is 0.366 e. The molecule has 0 radical (unpaired) electrons. The van der Waals surface area contributed by atoms with Crippen molar-refractivity contribution < 1.29 is 0 Å². The molecule has 0 saturated heterocycles. The third kappa shape index (κ3) is 2.83. The monoisotopic (exact) mass is 276 g/mol. The first-order valence-electron chi connectivity index (χ1n) is 5.15. The lowest BCUT2D eigenvalue weighted by molar-refractivity contribution is 1.10. The van der Waals surface area contributed by atoms with Gasteiger partial charge in [-0.15, -0.1) is 0 Å². The lowest BCUT2D eigenvalue weighted by atomic mass is 10.2. The van der Waals surface area contributed by atoms with Crippen molar-refractivity contribution in [3.8, 4) is 0 Å². The van der Waals surface area contributed by atoms with Gasteiger partial charge in [0, 0.05) is 17.2 Å². The second kappa shape index (κ2) is 5.12. The van der Waals surface area contributed by atoms with Crippen LogP contribution in [0, 0.1) is 6.92 Å². The Morgan fingerprint density at radius 3 is 2.69 bits per heavy atom. The van der Waals surface area contributed by atoms with E-state index >= 15 is 0 Å². The number of nitrogens with zero attached hydrogens (tertiary/aromatic N) is 1. The Hall–Kier alpha value is -1.35. The molecule has 0 aliphatic heterocycles. The van der Waals surface area contributed by atoms with Crippen molar-refractivity contribution in [2.24, 2.45) is 0 Å². The van der Waals surface area contributed by atoms with E-state index in [0.717, 1.165) is 16.8 Å². The predicted octanol–water partition coefficient (Wildman–Crippen LogP) is 3.76. The summed E-state index contributed by atoms with van der Waals surface area (Å²) in [6.07, 6.45) is 1.82. The van der Waals surface area contributed by atoms with E-state index in [2.05, 4.69) is 45.3 Å². The average molecular weight is 277 g/mol. The number of aryl methyl sites for hydroxylation is 1. The number of hydrogen-bond acceptors (Lipinski definition) is 2. The molecule has 16 heavy (non-hydrogen) atoms. The van der Waals surface area contributed by atoms with Gasteiger partial charge in [-0.1, -0.05) is 30.3 Å². The highest BCUT2D eigenvalue weighted by Crippen LogP contribution is 2.17. The highest BCUT2D eigenvalue weighted by atomic mass is 79.9. The highest BCUT2D eigenvalue weighted by molar-refractivity contribution is 9.10. The number of pyridine rings is 1. The summed E-state index contributed by atoms with van der Waals surface area (Å²) in [5.74, 6) is 0.907. The average Bonchev–Trinajstić information content (AvgIpc) is 2.32. The summed E-state index contributed by atoms with van der Waals surface area (Å²) in [5, 5.41) is 3.30. The molecule has 1 aromatic heterocycles. The van der Waals surface area contributed by atoms with Gasteiger partial charge in [0.15, 0.2) is 0 Å². The Kier molecular flexibility index (Phi) is 3.57. The Morgan fingerprint density at radius 2 is 2.00 bits per heavy atom. The smallest absolute Gasteiger partial charge is 0.126 e. The molecular formula is C13H13BrN2. The molecule has 0 unspecified atom stereocenters. The van der Waals surface area contributed by atoms with Crippen LogP contribution >= 0.6 is 15.9 Å². The lowest BCUT2D eigenvalue weighted by Crippen LogP contribution is -2.01. The number of nitrogens with one attached hydrogen (secondary N) is 1. The molecule has 0 amide bonds. The minimum atomic E-state index is 0.801. The van der Waals surface area contributed by atoms with E-state index in [9.17, 15) is 0 Å². The summed E-state index contributed by atoms with van der Waals surface area (Å²) in [6, 6.07) is 12.3. The molecule has 0 aliphatic carbocycles. The van der Waals surface area contributed by atoms with Crippen LogP contribution < -0.4 is 5.32 Å². The zero-order valence-corrected chi connectivity index (χ0v) is 10.7. The van der Waals surface area contributed by atoms with Crippen molar-refractivity contribution in [3.63, 3.8) is 0 Å². The fourth-order valence-electron chi connectivity index (χ4n) is 1.42. The van der Waals surface area contributed by atoms with Crippen LogP contribution in [0.3, 0.4) is 0 Å². The van der Waals surface area contributed by atoms with E-state index in [1.165, 1.54) is 11.1 Å². The van der Waals surface area contributed by atoms with E-state index in [0.29, 0.717) is 0 Å². The molecule has 3 heteroatoms. The summed E-state index contributed by atoms with van der Waals surface area (Å²) in [5.41, 5.74) is 2.44. The first-order chi connectivity index (χ1) is 7.75. The molecule has 1 heterocycles. The Bertz CT molecular complexity index is 469. The minimum absolute atomic E-state index is 0.801. The van der Waals surface area contributed by atoms with E-state index in [1.807, 2.05) is 30.5 Å². The van der Waals surface area contributed by atoms with Crippen LogP contribution in [0.4, 0.5) is 5.82 Å². The van der Waals surface area contributed by atoms with Crippen molar-refractivity contribution in [2.45, 2.75) is 13.5 Å². The Labute approximate surface area is 104 Å². The number of benzene rings is 1. The molecule has 1 aromatic carbocycles. The van der Waals surface area contributed by atoms with E-state index < -0.39 is 0 Å². The van der Waals surface area contributed by atoms with Gasteiger partial charge in [0.05, 0.1) is 0 Å².